The number of hydrogen-bond donors (Lipinski definition) is 2. The van der Waals surface area contributed by atoms with Crippen LogP contribution in [0.25, 0.3) is 6.08 Å². The first kappa shape index (κ1) is 11.9. The predicted octanol–water partition coefficient (Wildman–Crippen LogP) is 2.94. The van der Waals surface area contributed by atoms with Crippen molar-refractivity contribution in [3.63, 3.8) is 0 Å². The van der Waals surface area contributed by atoms with E-state index in [1.807, 2.05) is 38.1 Å². The molecule has 80 valence electrons. The Labute approximate surface area is 95.0 Å². The lowest BCUT2D eigenvalue weighted by Gasteiger charge is -2.06. The Hall–Kier alpha value is -1.22. The van der Waals surface area contributed by atoms with Gasteiger partial charge in [-0.2, -0.15) is 12.6 Å². The van der Waals surface area contributed by atoms with Gasteiger partial charge in [-0.05, 0) is 30.5 Å². The second-order valence-corrected chi connectivity index (χ2v) is 3.78. The fourth-order valence-corrected chi connectivity index (χ4v) is 1.72. The molecule has 1 aromatic rings. The van der Waals surface area contributed by atoms with E-state index in [1.165, 1.54) is 0 Å². The van der Waals surface area contributed by atoms with Crippen molar-refractivity contribution in [2.24, 2.45) is 0 Å². The molecule has 0 spiro atoms. The molecule has 0 aromatic heterocycles. The van der Waals surface area contributed by atoms with Gasteiger partial charge >= 0.3 is 5.97 Å². The fraction of sp³-hybridized carbons (Fsp3) is 0.250. The molecule has 0 aliphatic carbocycles. The largest absolute Gasteiger partial charge is 0.478 e. The van der Waals surface area contributed by atoms with E-state index in [0.29, 0.717) is 11.3 Å². The molecule has 0 heterocycles. The Bertz CT molecular complexity index is 385. The number of benzene rings is 1. The summed E-state index contributed by atoms with van der Waals surface area (Å²) >= 11 is 4.07. The number of carbonyl (C=O) groups is 1. The molecule has 0 saturated heterocycles. The number of carboxylic acids is 1. The van der Waals surface area contributed by atoms with E-state index >= 15 is 0 Å². The van der Waals surface area contributed by atoms with E-state index in [-0.39, 0.29) is 0 Å². The summed E-state index contributed by atoms with van der Waals surface area (Å²) in [5.41, 5.74) is 3.00. The third-order valence-corrected chi connectivity index (χ3v) is 2.40. The zero-order valence-corrected chi connectivity index (χ0v) is 9.71. The van der Waals surface area contributed by atoms with E-state index in [4.69, 9.17) is 5.11 Å². The molecule has 3 heteroatoms. The minimum atomic E-state index is -0.866. The molecule has 15 heavy (non-hydrogen) atoms. The highest BCUT2D eigenvalue weighted by atomic mass is 32.1. The maximum Gasteiger partial charge on any atom is 0.336 e. The van der Waals surface area contributed by atoms with Crippen LogP contribution in [-0.2, 0) is 0 Å². The van der Waals surface area contributed by atoms with Gasteiger partial charge < -0.3 is 5.11 Å². The lowest BCUT2D eigenvalue weighted by Crippen LogP contribution is -2.03. The van der Waals surface area contributed by atoms with E-state index in [9.17, 15) is 4.79 Å². The Morgan fingerprint density at radius 3 is 2.33 bits per heavy atom. The number of carboxylic acid groups (broad SMARTS) is 1. The van der Waals surface area contributed by atoms with Crippen LogP contribution >= 0.6 is 12.6 Å². The van der Waals surface area contributed by atoms with Gasteiger partial charge in [0.2, 0.25) is 0 Å². The normalized spacial score (nSPS) is 10.9. The van der Waals surface area contributed by atoms with Crippen molar-refractivity contribution in [1.82, 2.24) is 0 Å². The Balaban J connectivity index is 3.19. The van der Waals surface area contributed by atoms with Gasteiger partial charge in [0.05, 0.1) is 5.56 Å². The monoisotopic (exact) mass is 222 g/mol. The quantitative estimate of drug-likeness (QED) is 0.771. The average molecular weight is 222 g/mol. The van der Waals surface area contributed by atoms with Crippen LogP contribution < -0.4 is 0 Å². The Morgan fingerprint density at radius 1 is 1.40 bits per heavy atom. The van der Waals surface area contributed by atoms with Crippen molar-refractivity contribution in [3.8, 4) is 0 Å². The molecule has 1 N–H and O–H groups in total. The number of hydrogen-bond acceptors (Lipinski definition) is 2. The molecule has 1 rings (SSSR count). The van der Waals surface area contributed by atoms with Crippen LogP contribution in [0.2, 0.25) is 0 Å². The summed E-state index contributed by atoms with van der Waals surface area (Å²) in [7, 11) is 0. The van der Waals surface area contributed by atoms with Crippen molar-refractivity contribution < 1.29 is 9.90 Å². The summed E-state index contributed by atoms with van der Waals surface area (Å²) in [5, 5.41) is 8.98. The molecule has 1 aromatic carbocycles. The second kappa shape index (κ2) is 5.03. The summed E-state index contributed by atoms with van der Waals surface area (Å²) < 4.78 is 0. The molecule has 0 radical (unpaired) electrons. The topological polar surface area (TPSA) is 37.3 Å². The summed E-state index contributed by atoms with van der Waals surface area (Å²) in [6, 6.07) is 3.74. The third-order valence-electron chi connectivity index (χ3n) is 2.18. The van der Waals surface area contributed by atoms with Gasteiger partial charge in [-0.1, -0.05) is 24.3 Å². The fourth-order valence-electron chi connectivity index (χ4n) is 1.62. The Kier molecular flexibility index (Phi) is 3.97. The number of rotatable bonds is 3. The van der Waals surface area contributed by atoms with Crippen LogP contribution in [0, 0.1) is 13.8 Å². The average Bonchev–Trinajstić information content (AvgIpc) is 2.12. The van der Waals surface area contributed by atoms with Crippen LogP contribution in [0.15, 0.2) is 18.2 Å². The van der Waals surface area contributed by atoms with Gasteiger partial charge in [0.25, 0.3) is 0 Å². The molecular weight excluding hydrogens is 208 g/mol. The van der Waals surface area contributed by atoms with Crippen molar-refractivity contribution in [2.75, 3.05) is 5.75 Å². The molecule has 0 unspecified atom stereocenters. The zero-order valence-electron chi connectivity index (χ0n) is 8.82. The smallest absolute Gasteiger partial charge is 0.336 e. The van der Waals surface area contributed by atoms with Crippen LogP contribution in [0.1, 0.15) is 27.0 Å². The first-order valence-electron chi connectivity index (χ1n) is 4.68. The maximum atomic E-state index is 10.9. The summed E-state index contributed by atoms with van der Waals surface area (Å²) in [5.74, 6) is -0.187. The lowest BCUT2D eigenvalue weighted by molar-refractivity contribution is 0.0695. The summed E-state index contributed by atoms with van der Waals surface area (Å²) in [6.45, 7) is 3.63. The van der Waals surface area contributed by atoms with Gasteiger partial charge in [-0.15, -0.1) is 0 Å². The van der Waals surface area contributed by atoms with Crippen LogP contribution in [0.3, 0.4) is 0 Å². The molecule has 0 amide bonds. The second-order valence-electron chi connectivity index (χ2n) is 3.42. The third kappa shape index (κ3) is 2.86. The first-order valence-corrected chi connectivity index (χ1v) is 5.31. The maximum absolute atomic E-state index is 10.9. The first-order chi connectivity index (χ1) is 7.06. The molecule has 0 aliphatic rings. The number of aryl methyl sites for hydroxylation is 2. The summed E-state index contributed by atoms with van der Waals surface area (Å²) in [6.07, 6.45) is 3.87. The van der Waals surface area contributed by atoms with Crippen molar-refractivity contribution >= 4 is 24.7 Å². The molecular formula is C12H14O2S. The molecule has 2 nitrogen and oxygen atoms in total. The Morgan fingerprint density at radius 2 is 1.93 bits per heavy atom. The molecule has 0 saturated carbocycles. The van der Waals surface area contributed by atoms with Crippen LogP contribution in [-0.4, -0.2) is 16.8 Å². The highest BCUT2D eigenvalue weighted by molar-refractivity contribution is 7.80. The van der Waals surface area contributed by atoms with Gasteiger partial charge in [0, 0.05) is 5.75 Å². The van der Waals surface area contributed by atoms with Crippen molar-refractivity contribution in [2.45, 2.75) is 13.8 Å². The minimum absolute atomic E-state index is 0.401. The van der Waals surface area contributed by atoms with E-state index in [0.717, 1.165) is 16.7 Å². The van der Waals surface area contributed by atoms with Gasteiger partial charge in [-0.25, -0.2) is 4.79 Å². The van der Waals surface area contributed by atoms with E-state index in [1.54, 1.807) is 0 Å². The highest BCUT2D eigenvalue weighted by Crippen LogP contribution is 2.17. The highest BCUT2D eigenvalue weighted by Gasteiger charge is 2.10. The van der Waals surface area contributed by atoms with Gasteiger partial charge in [0.1, 0.15) is 0 Å². The van der Waals surface area contributed by atoms with E-state index < -0.39 is 5.97 Å². The van der Waals surface area contributed by atoms with Crippen molar-refractivity contribution in [1.29, 1.82) is 0 Å². The SMILES string of the molecule is Cc1cc(C=CCS)cc(C)c1C(=O)O. The van der Waals surface area contributed by atoms with Crippen LogP contribution in [0.4, 0.5) is 0 Å². The van der Waals surface area contributed by atoms with Gasteiger partial charge in [0.15, 0.2) is 0 Å². The molecule has 0 bridgehead atoms. The molecule has 0 atom stereocenters. The number of thiol groups is 1. The van der Waals surface area contributed by atoms with Crippen LogP contribution in [0.5, 0.6) is 0 Å². The molecule has 0 aliphatic heterocycles. The predicted molar refractivity (Wildman–Crippen MR) is 65.8 cm³/mol. The number of aromatic carboxylic acids is 1. The standard InChI is InChI=1S/C12H14O2S/c1-8-6-10(4-3-5-15)7-9(2)11(8)12(13)14/h3-4,6-7,15H,5H2,1-2H3,(H,13,14). The van der Waals surface area contributed by atoms with Gasteiger partial charge in [-0.3, -0.25) is 0 Å². The molecule has 0 fully saturated rings. The van der Waals surface area contributed by atoms with E-state index in [2.05, 4.69) is 12.6 Å². The van der Waals surface area contributed by atoms with Crippen molar-refractivity contribution in [3.05, 3.63) is 40.5 Å². The zero-order chi connectivity index (χ0) is 11.4. The lowest BCUT2D eigenvalue weighted by atomic mass is 9.99. The summed E-state index contributed by atoms with van der Waals surface area (Å²) in [4.78, 5) is 10.9. The minimum Gasteiger partial charge on any atom is -0.478 e.